The van der Waals surface area contributed by atoms with Gasteiger partial charge in [-0.15, -0.1) is 0 Å². The van der Waals surface area contributed by atoms with E-state index in [-0.39, 0.29) is 25.0 Å². The highest BCUT2D eigenvalue weighted by Crippen LogP contribution is 2.10. The van der Waals surface area contributed by atoms with E-state index in [1.165, 1.54) is 0 Å². The zero-order valence-electron chi connectivity index (χ0n) is 11.4. The number of likely N-dealkylation sites (tertiary alicyclic amines) is 1. The summed E-state index contributed by atoms with van der Waals surface area (Å²) in [4.78, 5) is 29.4. The Balaban J connectivity index is 1.80. The number of hydrogen-bond donors (Lipinski definition) is 1. The average Bonchev–Trinajstić information content (AvgIpc) is 2.66. The van der Waals surface area contributed by atoms with Crippen molar-refractivity contribution in [3.63, 3.8) is 0 Å². The number of aliphatic hydroxyl groups excluding tert-OH is 1. The summed E-state index contributed by atoms with van der Waals surface area (Å²) in [7, 11) is 0. The zero-order valence-corrected chi connectivity index (χ0v) is 11.4. The first kappa shape index (κ1) is 14.3. The molecule has 19 heavy (non-hydrogen) atoms. The SMILES string of the molecule is O=C(CN1CCCC1=O)N1CCCN(CCO)CC1. The summed E-state index contributed by atoms with van der Waals surface area (Å²) in [6.07, 6.45) is 2.38. The molecule has 0 spiro atoms. The molecule has 2 fully saturated rings. The van der Waals surface area contributed by atoms with Crippen LogP contribution in [-0.2, 0) is 9.59 Å². The molecule has 0 atom stereocenters. The van der Waals surface area contributed by atoms with Crippen LogP contribution in [0, 0.1) is 0 Å². The van der Waals surface area contributed by atoms with E-state index in [0.717, 1.165) is 39.0 Å². The first-order chi connectivity index (χ1) is 9.20. The minimum Gasteiger partial charge on any atom is -0.395 e. The smallest absolute Gasteiger partial charge is 0.242 e. The third-order valence-corrected chi connectivity index (χ3v) is 3.85. The van der Waals surface area contributed by atoms with Crippen LogP contribution in [0.1, 0.15) is 19.3 Å². The molecular weight excluding hydrogens is 246 g/mol. The van der Waals surface area contributed by atoms with Crippen LogP contribution in [0.4, 0.5) is 0 Å². The van der Waals surface area contributed by atoms with Crippen molar-refractivity contribution in [2.24, 2.45) is 0 Å². The first-order valence-electron chi connectivity index (χ1n) is 7.09. The number of hydrogen-bond acceptors (Lipinski definition) is 4. The standard InChI is InChI=1S/C13H23N3O3/c17-10-9-14-4-2-6-15(8-7-14)13(19)11-16-5-1-3-12(16)18/h17H,1-11H2. The Morgan fingerprint density at radius 3 is 2.63 bits per heavy atom. The Labute approximate surface area is 114 Å². The molecule has 2 saturated heterocycles. The largest absolute Gasteiger partial charge is 0.395 e. The van der Waals surface area contributed by atoms with Gasteiger partial charge in [-0.2, -0.15) is 0 Å². The third kappa shape index (κ3) is 3.91. The Morgan fingerprint density at radius 2 is 1.95 bits per heavy atom. The summed E-state index contributed by atoms with van der Waals surface area (Å²) in [6.45, 7) is 4.97. The lowest BCUT2D eigenvalue weighted by atomic mass is 10.3. The minimum absolute atomic E-state index is 0.0566. The second-order valence-electron chi connectivity index (χ2n) is 5.22. The van der Waals surface area contributed by atoms with Crippen LogP contribution in [0.2, 0.25) is 0 Å². The molecule has 0 aromatic carbocycles. The van der Waals surface area contributed by atoms with E-state index in [4.69, 9.17) is 5.11 Å². The molecule has 0 bridgehead atoms. The summed E-state index contributed by atoms with van der Waals surface area (Å²) in [6, 6.07) is 0. The molecule has 0 saturated carbocycles. The molecule has 0 aliphatic carbocycles. The van der Waals surface area contributed by atoms with Crippen molar-refractivity contribution in [1.82, 2.24) is 14.7 Å². The lowest BCUT2D eigenvalue weighted by Crippen LogP contribution is -2.42. The maximum Gasteiger partial charge on any atom is 0.242 e. The van der Waals surface area contributed by atoms with Crippen molar-refractivity contribution >= 4 is 11.8 Å². The zero-order chi connectivity index (χ0) is 13.7. The molecule has 2 aliphatic rings. The van der Waals surface area contributed by atoms with Gasteiger partial charge in [-0.05, 0) is 19.4 Å². The van der Waals surface area contributed by atoms with Crippen molar-refractivity contribution in [3.8, 4) is 0 Å². The van der Waals surface area contributed by atoms with E-state index in [2.05, 4.69) is 4.90 Å². The van der Waals surface area contributed by atoms with Crippen molar-refractivity contribution < 1.29 is 14.7 Å². The number of carbonyl (C=O) groups is 2. The Hall–Kier alpha value is -1.14. The maximum atomic E-state index is 12.2. The Bertz CT molecular complexity index is 335. The number of β-amino-alcohol motifs (C(OH)–C–C–N with tert-alkyl or cyclic N) is 1. The van der Waals surface area contributed by atoms with Gasteiger partial charge in [0, 0.05) is 39.1 Å². The molecule has 0 aromatic heterocycles. The van der Waals surface area contributed by atoms with Gasteiger partial charge in [0.2, 0.25) is 11.8 Å². The third-order valence-electron chi connectivity index (χ3n) is 3.85. The molecule has 6 nitrogen and oxygen atoms in total. The lowest BCUT2D eigenvalue weighted by Gasteiger charge is -2.24. The molecule has 6 heteroatoms. The highest BCUT2D eigenvalue weighted by atomic mass is 16.3. The van der Waals surface area contributed by atoms with E-state index in [1.807, 2.05) is 4.90 Å². The number of amides is 2. The van der Waals surface area contributed by atoms with Gasteiger partial charge in [0.15, 0.2) is 0 Å². The van der Waals surface area contributed by atoms with Crippen LogP contribution in [0.25, 0.3) is 0 Å². The maximum absolute atomic E-state index is 12.2. The number of aliphatic hydroxyl groups is 1. The van der Waals surface area contributed by atoms with Crippen molar-refractivity contribution in [1.29, 1.82) is 0 Å². The summed E-state index contributed by atoms with van der Waals surface area (Å²) >= 11 is 0. The van der Waals surface area contributed by atoms with Crippen LogP contribution in [-0.4, -0.2) is 84.0 Å². The van der Waals surface area contributed by atoms with Gasteiger partial charge < -0.3 is 14.9 Å². The van der Waals surface area contributed by atoms with Gasteiger partial charge in [-0.1, -0.05) is 0 Å². The molecule has 2 aliphatic heterocycles. The van der Waals surface area contributed by atoms with Gasteiger partial charge in [0.05, 0.1) is 13.2 Å². The van der Waals surface area contributed by atoms with Crippen LogP contribution in [0.5, 0.6) is 0 Å². The van der Waals surface area contributed by atoms with Gasteiger partial charge in [0.1, 0.15) is 0 Å². The highest BCUT2D eigenvalue weighted by molar-refractivity contribution is 5.85. The van der Waals surface area contributed by atoms with E-state index in [9.17, 15) is 9.59 Å². The fourth-order valence-electron chi connectivity index (χ4n) is 2.72. The van der Waals surface area contributed by atoms with Crippen LogP contribution in [0.3, 0.4) is 0 Å². The van der Waals surface area contributed by atoms with E-state index in [1.54, 1.807) is 4.90 Å². The monoisotopic (exact) mass is 269 g/mol. The van der Waals surface area contributed by atoms with Crippen molar-refractivity contribution in [2.45, 2.75) is 19.3 Å². The minimum atomic E-state index is 0.0566. The van der Waals surface area contributed by atoms with E-state index >= 15 is 0 Å². The molecule has 0 radical (unpaired) electrons. The van der Waals surface area contributed by atoms with Crippen molar-refractivity contribution in [3.05, 3.63) is 0 Å². The van der Waals surface area contributed by atoms with Gasteiger partial charge in [-0.25, -0.2) is 0 Å². The normalized spacial score (nSPS) is 21.8. The van der Waals surface area contributed by atoms with Crippen LogP contribution in [0.15, 0.2) is 0 Å². The molecule has 0 unspecified atom stereocenters. The first-order valence-corrected chi connectivity index (χ1v) is 7.09. The number of nitrogens with zero attached hydrogens (tertiary/aromatic N) is 3. The van der Waals surface area contributed by atoms with Crippen LogP contribution >= 0.6 is 0 Å². The summed E-state index contributed by atoms with van der Waals surface area (Å²) in [5, 5.41) is 8.94. The fourth-order valence-corrected chi connectivity index (χ4v) is 2.72. The molecule has 2 amide bonds. The molecule has 2 rings (SSSR count). The lowest BCUT2D eigenvalue weighted by molar-refractivity contribution is -0.138. The average molecular weight is 269 g/mol. The Morgan fingerprint density at radius 1 is 1.11 bits per heavy atom. The topological polar surface area (TPSA) is 64.1 Å². The van der Waals surface area contributed by atoms with Crippen molar-refractivity contribution in [2.75, 3.05) is 52.4 Å². The van der Waals surface area contributed by atoms with Gasteiger partial charge >= 0.3 is 0 Å². The van der Waals surface area contributed by atoms with Gasteiger partial charge in [-0.3, -0.25) is 14.5 Å². The predicted octanol–water partition coefficient (Wildman–Crippen LogP) is -0.865. The predicted molar refractivity (Wildman–Crippen MR) is 70.5 cm³/mol. The van der Waals surface area contributed by atoms with E-state index in [0.29, 0.717) is 19.5 Å². The van der Waals surface area contributed by atoms with E-state index < -0.39 is 0 Å². The fraction of sp³-hybridized carbons (Fsp3) is 0.846. The van der Waals surface area contributed by atoms with Crippen LogP contribution < -0.4 is 0 Å². The Kier molecular flexibility index (Phi) is 5.15. The summed E-state index contributed by atoms with van der Waals surface area (Å²) in [5.41, 5.74) is 0. The highest BCUT2D eigenvalue weighted by Gasteiger charge is 2.25. The van der Waals surface area contributed by atoms with Gasteiger partial charge in [0.25, 0.3) is 0 Å². The molecule has 1 N–H and O–H groups in total. The molecular formula is C13H23N3O3. The molecule has 0 aromatic rings. The quantitative estimate of drug-likeness (QED) is 0.721. The number of carbonyl (C=O) groups excluding carboxylic acids is 2. The second-order valence-corrected chi connectivity index (χ2v) is 5.22. The second kappa shape index (κ2) is 6.86. The summed E-state index contributed by atoms with van der Waals surface area (Å²) < 4.78 is 0. The molecule has 108 valence electrons. The number of rotatable bonds is 4. The summed E-state index contributed by atoms with van der Waals surface area (Å²) in [5.74, 6) is 0.158. The molecule has 2 heterocycles.